The fourth-order valence-corrected chi connectivity index (χ4v) is 1.43. The summed E-state index contributed by atoms with van der Waals surface area (Å²) in [4.78, 5) is 0. The zero-order valence-corrected chi connectivity index (χ0v) is 8.01. The highest BCUT2D eigenvalue weighted by Crippen LogP contribution is 2.32. The molecule has 0 radical (unpaired) electrons. The Morgan fingerprint density at radius 3 is 2.13 bits per heavy atom. The predicted molar refractivity (Wildman–Crippen MR) is 59.6 cm³/mol. The summed E-state index contributed by atoms with van der Waals surface area (Å²) in [6.07, 6.45) is 0. The summed E-state index contributed by atoms with van der Waals surface area (Å²) >= 11 is 0. The van der Waals surface area contributed by atoms with Crippen LogP contribution >= 0.6 is 0 Å². The second-order valence-corrected chi connectivity index (χ2v) is 3.32. The van der Waals surface area contributed by atoms with E-state index in [-0.39, 0.29) is 11.5 Å². The second kappa shape index (κ2) is 3.53. The Hall–Kier alpha value is -2.16. The van der Waals surface area contributed by atoms with E-state index < -0.39 is 0 Å². The van der Waals surface area contributed by atoms with Gasteiger partial charge in [0, 0.05) is 17.3 Å². The van der Waals surface area contributed by atoms with Crippen LogP contribution in [0.3, 0.4) is 0 Å². The van der Waals surface area contributed by atoms with Crippen molar-refractivity contribution in [1.29, 1.82) is 0 Å². The molecular weight excluding hydrogens is 190 g/mol. The van der Waals surface area contributed by atoms with Gasteiger partial charge in [0.15, 0.2) is 0 Å². The summed E-state index contributed by atoms with van der Waals surface area (Å²) in [7, 11) is 0. The van der Waals surface area contributed by atoms with Gasteiger partial charge in [0.05, 0.1) is 0 Å². The van der Waals surface area contributed by atoms with E-state index in [2.05, 4.69) is 0 Å². The maximum absolute atomic E-state index is 9.62. The Labute approximate surface area is 87.4 Å². The zero-order valence-electron chi connectivity index (χ0n) is 8.01. The first kappa shape index (κ1) is 9.40. The van der Waals surface area contributed by atoms with E-state index in [1.807, 2.05) is 12.1 Å². The minimum Gasteiger partial charge on any atom is -0.508 e. The maximum Gasteiger partial charge on any atom is 0.127 e. The molecule has 0 bridgehead atoms. The molecule has 0 aliphatic heterocycles. The minimum atomic E-state index is 0.0479. The SMILES string of the molecule is Nc1ccc(-c2ccc(O)cc2O)cc1. The maximum atomic E-state index is 9.62. The van der Waals surface area contributed by atoms with Crippen LogP contribution in [-0.2, 0) is 0 Å². The summed E-state index contributed by atoms with van der Waals surface area (Å²) in [6, 6.07) is 11.7. The van der Waals surface area contributed by atoms with Crippen molar-refractivity contribution in [3.05, 3.63) is 42.5 Å². The highest BCUT2D eigenvalue weighted by Gasteiger charge is 2.04. The molecule has 0 saturated carbocycles. The van der Waals surface area contributed by atoms with E-state index in [1.54, 1.807) is 18.2 Å². The molecule has 0 saturated heterocycles. The molecule has 0 spiro atoms. The third kappa shape index (κ3) is 1.86. The average molecular weight is 201 g/mol. The monoisotopic (exact) mass is 201 g/mol. The van der Waals surface area contributed by atoms with E-state index in [1.165, 1.54) is 12.1 Å². The molecule has 0 unspecified atom stereocenters. The third-order valence-electron chi connectivity index (χ3n) is 2.20. The van der Waals surface area contributed by atoms with Crippen LogP contribution in [0.1, 0.15) is 0 Å². The number of nitrogen functional groups attached to an aromatic ring is 1. The number of anilines is 1. The first-order valence-electron chi connectivity index (χ1n) is 4.55. The molecule has 2 aromatic carbocycles. The topological polar surface area (TPSA) is 66.5 Å². The van der Waals surface area contributed by atoms with Crippen molar-refractivity contribution in [2.45, 2.75) is 0 Å². The summed E-state index contributed by atoms with van der Waals surface area (Å²) in [5.74, 6) is 0.103. The van der Waals surface area contributed by atoms with Crippen molar-refractivity contribution in [1.82, 2.24) is 0 Å². The fraction of sp³-hybridized carbons (Fsp3) is 0. The van der Waals surface area contributed by atoms with Crippen molar-refractivity contribution in [2.75, 3.05) is 5.73 Å². The number of rotatable bonds is 1. The molecule has 0 aromatic heterocycles. The molecule has 0 aliphatic rings. The van der Waals surface area contributed by atoms with Crippen molar-refractivity contribution in [2.24, 2.45) is 0 Å². The molecular formula is C12H11NO2. The number of hydrogen-bond donors (Lipinski definition) is 3. The Morgan fingerprint density at radius 1 is 0.867 bits per heavy atom. The normalized spacial score (nSPS) is 10.1. The van der Waals surface area contributed by atoms with Gasteiger partial charge >= 0.3 is 0 Å². The molecule has 0 amide bonds. The highest BCUT2D eigenvalue weighted by atomic mass is 16.3. The Kier molecular flexibility index (Phi) is 2.21. The van der Waals surface area contributed by atoms with Crippen LogP contribution in [0.15, 0.2) is 42.5 Å². The van der Waals surface area contributed by atoms with Crippen LogP contribution in [0.25, 0.3) is 11.1 Å². The number of nitrogens with two attached hydrogens (primary N) is 1. The van der Waals surface area contributed by atoms with Crippen molar-refractivity contribution >= 4 is 5.69 Å². The van der Waals surface area contributed by atoms with Crippen molar-refractivity contribution in [3.63, 3.8) is 0 Å². The predicted octanol–water partition coefficient (Wildman–Crippen LogP) is 2.35. The summed E-state index contributed by atoms with van der Waals surface area (Å²) in [5.41, 5.74) is 7.78. The summed E-state index contributed by atoms with van der Waals surface area (Å²) in [6.45, 7) is 0. The molecule has 4 N–H and O–H groups in total. The van der Waals surface area contributed by atoms with Crippen LogP contribution in [0.4, 0.5) is 5.69 Å². The number of phenolic OH excluding ortho intramolecular Hbond substituents is 2. The van der Waals surface area contributed by atoms with Crippen molar-refractivity contribution in [3.8, 4) is 22.6 Å². The molecule has 0 fully saturated rings. The Bertz CT molecular complexity index is 477. The molecule has 15 heavy (non-hydrogen) atoms. The molecule has 0 atom stereocenters. The van der Waals surface area contributed by atoms with E-state index in [0.29, 0.717) is 11.3 Å². The van der Waals surface area contributed by atoms with E-state index in [9.17, 15) is 5.11 Å². The number of phenols is 2. The minimum absolute atomic E-state index is 0.0479. The van der Waals surface area contributed by atoms with Gasteiger partial charge in [0.1, 0.15) is 11.5 Å². The highest BCUT2D eigenvalue weighted by molar-refractivity contribution is 5.72. The van der Waals surface area contributed by atoms with Crippen LogP contribution in [0.5, 0.6) is 11.5 Å². The lowest BCUT2D eigenvalue weighted by molar-refractivity contribution is 0.452. The van der Waals surface area contributed by atoms with Crippen LogP contribution < -0.4 is 5.73 Å². The van der Waals surface area contributed by atoms with Gasteiger partial charge in [-0.15, -0.1) is 0 Å². The second-order valence-electron chi connectivity index (χ2n) is 3.32. The number of hydrogen-bond acceptors (Lipinski definition) is 3. The van der Waals surface area contributed by atoms with E-state index >= 15 is 0 Å². The van der Waals surface area contributed by atoms with Crippen molar-refractivity contribution < 1.29 is 10.2 Å². The molecule has 2 aromatic rings. The fourth-order valence-electron chi connectivity index (χ4n) is 1.43. The van der Waals surface area contributed by atoms with Gasteiger partial charge in [-0.1, -0.05) is 12.1 Å². The first-order valence-corrected chi connectivity index (χ1v) is 4.55. The quantitative estimate of drug-likeness (QED) is 0.620. The van der Waals surface area contributed by atoms with Gasteiger partial charge in [-0.05, 0) is 29.8 Å². The molecule has 3 heteroatoms. The standard InChI is InChI=1S/C12H11NO2/c13-9-3-1-8(2-4-9)11-6-5-10(14)7-12(11)15/h1-7,14-15H,13H2. The molecule has 3 nitrogen and oxygen atoms in total. The first-order chi connectivity index (χ1) is 7.16. The van der Waals surface area contributed by atoms with Gasteiger partial charge in [-0.25, -0.2) is 0 Å². The zero-order chi connectivity index (χ0) is 10.8. The number of benzene rings is 2. The lowest BCUT2D eigenvalue weighted by Gasteiger charge is -2.05. The smallest absolute Gasteiger partial charge is 0.127 e. The van der Waals surface area contributed by atoms with E-state index in [4.69, 9.17) is 10.8 Å². The van der Waals surface area contributed by atoms with Crippen LogP contribution in [0, 0.1) is 0 Å². The molecule has 2 rings (SSSR count). The van der Waals surface area contributed by atoms with Gasteiger partial charge < -0.3 is 15.9 Å². The largest absolute Gasteiger partial charge is 0.508 e. The Morgan fingerprint density at radius 2 is 1.53 bits per heavy atom. The van der Waals surface area contributed by atoms with Gasteiger partial charge in [0.25, 0.3) is 0 Å². The summed E-state index contributed by atoms with van der Waals surface area (Å²) in [5, 5.41) is 18.8. The van der Waals surface area contributed by atoms with Gasteiger partial charge in [-0.3, -0.25) is 0 Å². The van der Waals surface area contributed by atoms with Crippen LogP contribution in [-0.4, -0.2) is 10.2 Å². The average Bonchev–Trinajstić information content (AvgIpc) is 2.20. The number of aromatic hydroxyl groups is 2. The van der Waals surface area contributed by atoms with Gasteiger partial charge in [-0.2, -0.15) is 0 Å². The molecule has 0 heterocycles. The lowest BCUT2D eigenvalue weighted by Crippen LogP contribution is -1.84. The third-order valence-corrected chi connectivity index (χ3v) is 2.20. The van der Waals surface area contributed by atoms with E-state index in [0.717, 1.165) is 5.56 Å². The van der Waals surface area contributed by atoms with Crippen LogP contribution in [0.2, 0.25) is 0 Å². The summed E-state index contributed by atoms with van der Waals surface area (Å²) < 4.78 is 0. The Balaban J connectivity index is 2.49. The molecule has 76 valence electrons. The molecule has 0 aliphatic carbocycles. The lowest BCUT2D eigenvalue weighted by atomic mass is 10.0. The van der Waals surface area contributed by atoms with Gasteiger partial charge in [0.2, 0.25) is 0 Å².